The second kappa shape index (κ2) is 9.72. The molecule has 0 spiro atoms. The number of pyridine rings is 1. The van der Waals surface area contributed by atoms with E-state index in [-0.39, 0.29) is 42.7 Å². The van der Waals surface area contributed by atoms with Crippen LogP contribution in [0, 0.1) is 11.8 Å². The molecule has 2 atom stereocenters. The number of alkyl halides is 3. The van der Waals surface area contributed by atoms with E-state index < -0.39 is 68.0 Å². The molecular weight excluding hydrogens is 493 g/mol. The molecule has 1 aromatic rings. The van der Waals surface area contributed by atoms with E-state index in [1.807, 2.05) is 0 Å². The molecule has 2 unspecified atom stereocenters. The Labute approximate surface area is 188 Å². The first-order valence-electron chi connectivity index (χ1n) is 9.87. The van der Waals surface area contributed by atoms with Gasteiger partial charge in [0.2, 0.25) is 0 Å². The van der Waals surface area contributed by atoms with Gasteiger partial charge >= 0.3 is 6.18 Å². The second-order valence-electron chi connectivity index (χ2n) is 7.90. The zero-order chi connectivity index (χ0) is 23.7. The van der Waals surface area contributed by atoms with Crippen molar-refractivity contribution < 1.29 is 34.6 Å². The van der Waals surface area contributed by atoms with Gasteiger partial charge in [0.25, 0.3) is 10.2 Å². The summed E-state index contributed by atoms with van der Waals surface area (Å²) in [6.45, 7) is -1.17. The summed E-state index contributed by atoms with van der Waals surface area (Å²) in [6, 6.07) is 2.79. The minimum absolute atomic E-state index is 0.0547. The third-order valence-electron chi connectivity index (χ3n) is 5.56. The molecule has 2 aliphatic heterocycles. The van der Waals surface area contributed by atoms with E-state index in [9.17, 15) is 34.6 Å². The molecule has 3 heterocycles. The highest BCUT2D eigenvalue weighted by Gasteiger charge is 2.49. The third kappa shape index (κ3) is 5.93. The number of nitrogens with two attached hydrogens (primary N) is 1. The van der Waals surface area contributed by atoms with Gasteiger partial charge in [-0.25, -0.2) is 13.4 Å². The maximum atomic E-state index is 13.6. The van der Waals surface area contributed by atoms with E-state index in [0.717, 1.165) is 4.31 Å². The lowest BCUT2D eigenvalue weighted by atomic mass is 9.91. The Morgan fingerprint density at radius 1 is 1.16 bits per heavy atom. The summed E-state index contributed by atoms with van der Waals surface area (Å²) in [5, 5.41) is -0.303. The molecule has 0 aromatic carbocycles. The first kappa shape index (κ1) is 25.6. The van der Waals surface area contributed by atoms with Gasteiger partial charge in [-0.3, -0.25) is 0 Å². The minimum Gasteiger partial charge on any atom is -0.616 e. The molecule has 15 heteroatoms. The number of aromatic nitrogens is 1. The number of nitrogens with zero attached hydrogens (tertiary/aromatic N) is 3. The van der Waals surface area contributed by atoms with Gasteiger partial charge in [-0.2, -0.15) is 30.2 Å². The summed E-state index contributed by atoms with van der Waals surface area (Å²) in [7, 11) is -8.33. The summed E-state index contributed by atoms with van der Waals surface area (Å²) in [5.74, 6) is -3.52. The van der Waals surface area contributed by atoms with Gasteiger partial charge < -0.3 is 10.3 Å². The zero-order valence-electron chi connectivity index (χ0n) is 17.1. The molecule has 0 aliphatic carbocycles. The van der Waals surface area contributed by atoms with Crippen LogP contribution in [-0.2, 0) is 37.8 Å². The maximum Gasteiger partial charge on any atom is 0.393 e. The SMILES string of the molecule is NCc1ccnc(S(=O)(=O)CC2CC(C(F)(F)F)CN(S(=O)(=O)N3CC[S+]([O-])CC3)C2)c1. The van der Waals surface area contributed by atoms with E-state index in [0.29, 0.717) is 9.87 Å². The summed E-state index contributed by atoms with van der Waals surface area (Å²) < 4.78 is 106. The number of hydrogen-bond acceptors (Lipinski definition) is 7. The first-order valence-corrected chi connectivity index (χ1v) is 14.4. The van der Waals surface area contributed by atoms with Gasteiger partial charge in [-0.15, -0.1) is 0 Å². The lowest BCUT2D eigenvalue weighted by Gasteiger charge is -2.40. The van der Waals surface area contributed by atoms with Crippen molar-refractivity contribution in [3.63, 3.8) is 0 Å². The van der Waals surface area contributed by atoms with Crippen molar-refractivity contribution in [2.45, 2.75) is 24.2 Å². The van der Waals surface area contributed by atoms with Crippen molar-refractivity contribution in [3.05, 3.63) is 23.9 Å². The Morgan fingerprint density at radius 2 is 1.81 bits per heavy atom. The van der Waals surface area contributed by atoms with Crippen LogP contribution in [0.3, 0.4) is 0 Å². The Morgan fingerprint density at radius 3 is 2.41 bits per heavy atom. The monoisotopic (exact) mass is 518 g/mol. The molecule has 9 nitrogen and oxygen atoms in total. The second-order valence-corrected chi connectivity index (χ2v) is 13.5. The lowest BCUT2D eigenvalue weighted by Crippen LogP contribution is -2.56. The van der Waals surface area contributed by atoms with Gasteiger partial charge in [0.15, 0.2) is 14.9 Å². The standard InChI is InChI=1S/C17H25F3N4O5S3/c18-17(19,20)15-7-14(12-31(26,27)16-8-13(9-21)1-2-22-16)10-24(11-15)32(28,29)23-3-5-30(25)6-4-23/h1-2,8,14-15H,3-7,9-12,21H2. The number of halogens is 3. The van der Waals surface area contributed by atoms with Crippen molar-refractivity contribution >= 4 is 31.2 Å². The summed E-state index contributed by atoms with van der Waals surface area (Å²) >= 11 is -1.17. The highest BCUT2D eigenvalue weighted by molar-refractivity contribution is 7.92. The maximum absolute atomic E-state index is 13.6. The normalized spacial score (nSPS) is 25.2. The molecule has 2 aliphatic rings. The largest absolute Gasteiger partial charge is 0.616 e. The van der Waals surface area contributed by atoms with Crippen molar-refractivity contribution in [1.29, 1.82) is 0 Å². The van der Waals surface area contributed by atoms with E-state index in [1.165, 1.54) is 18.3 Å². The van der Waals surface area contributed by atoms with Crippen LogP contribution in [0.4, 0.5) is 13.2 Å². The summed E-state index contributed by atoms with van der Waals surface area (Å²) in [4.78, 5) is 3.81. The lowest BCUT2D eigenvalue weighted by molar-refractivity contribution is -0.186. The van der Waals surface area contributed by atoms with Crippen LogP contribution in [0.15, 0.2) is 23.4 Å². The Hall–Kier alpha value is -0.970. The molecule has 0 bridgehead atoms. The number of piperidine rings is 1. The van der Waals surface area contributed by atoms with Gasteiger partial charge in [0.1, 0.15) is 11.5 Å². The average Bonchev–Trinajstić information content (AvgIpc) is 2.73. The van der Waals surface area contributed by atoms with Crippen molar-refractivity contribution in [3.8, 4) is 0 Å². The van der Waals surface area contributed by atoms with Crippen LogP contribution in [0.1, 0.15) is 12.0 Å². The molecular formula is C17H25F3N4O5S3. The molecule has 182 valence electrons. The van der Waals surface area contributed by atoms with E-state index in [2.05, 4.69) is 4.98 Å². The van der Waals surface area contributed by atoms with Crippen molar-refractivity contribution in [2.24, 2.45) is 17.6 Å². The molecule has 0 radical (unpaired) electrons. The van der Waals surface area contributed by atoms with E-state index >= 15 is 0 Å². The highest BCUT2D eigenvalue weighted by Crippen LogP contribution is 2.37. The van der Waals surface area contributed by atoms with Crippen LogP contribution in [0.5, 0.6) is 0 Å². The van der Waals surface area contributed by atoms with Crippen LogP contribution in [-0.4, -0.2) is 84.6 Å². The predicted molar refractivity (Wildman–Crippen MR) is 112 cm³/mol. The van der Waals surface area contributed by atoms with Crippen LogP contribution in [0.2, 0.25) is 0 Å². The molecule has 2 saturated heterocycles. The van der Waals surface area contributed by atoms with Crippen molar-refractivity contribution in [2.75, 3.05) is 43.4 Å². The van der Waals surface area contributed by atoms with Gasteiger partial charge in [-0.1, -0.05) is 11.2 Å². The fraction of sp³-hybridized carbons (Fsp3) is 0.706. The highest BCUT2D eigenvalue weighted by atomic mass is 32.2. The molecule has 3 rings (SSSR count). The summed E-state index contributed by atoms with van der Waals surface area (Å²) in [6.07, 6.45) is -3.93. The third-order valence-corrected chi connectivity index (χ3v) is 10.6. The molecule has 1 aromatic heterocycles. The quantitative estimate of drug-likeness (QED) is 0.528. The molecule has 2 fully saturated rings. The number of rotatable bonds is 6. The molecule has 32 heavy (non-hydrogen) atoms. The van der Waals surface area contributed by atoms with Crippen LogP contribution < -0.4 is 5.73 Å². The zero-order valence-corrected chi connectivity index (χ0v) is 19.5. The number of hydrogen-bond donors (Lipinski definition) is 1. The van der Waals surface area contributed by atoms with Gasteiger partial charge in [0.05, 0.1) is 24.8 Å². The predicted octanol–water partition coefficient (Wildman–Crippen LogP) is 0.124. The summed E-state index contributed by atoms with van der Waals surface area (Å²) in [5.41, 5.74) is 6.02. The smallest absolute Gasteiger partial charge is 0.393 e. The Kier molecular flexibility index (Phi) is 7.79. The van der Waals surface area contributed by atoms with E-state index in [1.54, 1.807) is 0 Å². The van der Waals surface area contributed by atoms with Crippen molar-refractivity contribution in [1.82, 2.24) is 13.6 Å². The van der Waals surface area contributed by atoms with Crippen LogP contribution in [0.25, 0.3) is 0 Å². The fourth-order valence-electron chi connectivity index (χ4n) is 3.86. The number of sulfone groups is 1. The van der Waals surface area contributed by atoms with Gasteiger partial charge in [-0.05, 0) is 30.0 Å². The average molecular weight is 519 g/mol. The molecule has 0 amide bonds. The molecule has 2 N–H and O–H groups in total. The molecule has 0 saturated carbocycles. The van der Waals surface area contributed by atoms with E-state index in [4.69, 9.17) is 5.73 Å². The minimum atomic E-state index is -4.68. The van der Waals surface area contributed by atoms with Crippen LogP contribution >= 0.6 is 0 Å². The first-order chi connectivity index (χ1) is 14.8. The topological polar surface area (TPSA) is 137 Å². The fourth-order valence-corrected chi connectivity index (χ4v) is 8.47. The Bertz CT molecular complexity index is 1010. The van der Waals surface area contributed by atoms with Gasteiger partial charge in [0, 0.05) is 25.8 Å². The Balaban J connectivity index is 1.84.